The first-order valence-electron chi connectivity index (χ1n) is 7.71. The molecule has 1 aromatic heterocycles. The Bertz CT molecular complexity index is 669. The van der Waals surface area contributed by atoms with Crippen molar-refractivity contribution in [3.05, 3.63) is 39.8 Å². The smallest absolute Gasteiger partial charge is 0.282 e. The lowest BCUT2D eigenvalue weighted by molar-refractivity contribution is 0.0746. The van der Waals surface area contributed by atoms with E-state index in [4.69, 9.17) is 4.74 Å². The summed E-state index contributed by atoms with van der Waals surface area (Å²) in [6, 6.07) is 8.05. The molecular weight excluding hydrogens is 310 g/mol. The van der Waals surface area contributed by atoms with Gasteiger partial charge >= 0.3 is 0 Å². The third kappa shape index (κ3) is 3.32. The molecule has 3 rings (SSSR count). The van der Waals surface area contributed by atoms with E-state index in [1.807, 2.05) is 30.9 Å². The van der Waals surface area contributed by atoms with Crippen LogP contribution in [0.1, 0.15) is 20.4 Å². The van der Waals surface area contributed by atoms with Gasteiger partial charge in [0.15, 0.2) is 5.01 Å². The van der Waals surface area contributed by atoms with Gasteiger partial charge in [-0.2, -0.15) is 0 Å². The minimum Gasteiger partial charge on any atom is -0.497 e. The number of benzene rings is 1. The average molecular weight is 331 g/mol. The fourth-order valence-corrected chi connectivity index (χ4v) is 3.54. The van der Waals surface area contributed by atoms with Gasteiger partial charge in [-0.15, -0.1) is 11.3 Å². The van der Waals surface area contributed by atoms with Gasteiger partial charge in [-0.25, -0.2) is 4.98 Å². The molecule has 1 amide bonds. The van der Waals surface area contributed by atoms with Gasteiger partial charge in [0.1, 0.15) is 5.75 Å². The van der Waals surface area contributed by atoms with Crippen LogP contribution in [0.15, 0.2) is 24.3 Å². The number of hydrogen-bond acceptors (Lipinski definition) is 5. The molecule has 1 aromatic carbocycles. The molecule has 0 spiro atoms. The van der Waals surface area contributed by atoms with Crippen LogP contribution in [0.4, 0.5) is 5.69 Å². The number of aryl methyl sites for hydroxylation is 2. The molecule has 1 aliphatic heterocycles. The van der Waals surface area contributed by atoms with Gasteiger partial charge in [0.05, 0.1) is 12.8 Å². The zero-order chi connectivity index (χ0) is 16.4. The number of rotatable bonds is 3. The van der Waals surface area contributed by atoms with Crippen molar-refractivity contribution in [1.82, 2.24) is 9.88 Å². The Morgan fingerprint density at radius 1 is 1.13 bits per heavy atom. The van der Waals surface area contributed by atoms with Crippen LogP contribution in [0.3, 0.4) is 0 Å². The monoisotopic (exact) mass is 331 g/mol. The lowest BCUT2D eigenvalue weighted by Crippen LogP contribution is -2.48. The molecule has 0 bridgehead atoms. The van der Waals surface area contributed by atoms with Crippen LogP contribution in [-0.4, -0.2) is 49.1 Å². The zero-order valence-corrected chi connectivity index (χ0v) is 14.5. The Kier molecular flexibility index (Phi) is 4.52. The van der Waals surface area contributed by atoms with Crippen molar-refractivity contribution in [1.29, 1.82) is 0 Å². The van der Waals surface area contributed by atoms with Gasteiger partial charge in [0, 0.05) is 36.7 Å². The minimum absolute atomic E-state index is 0.0561. The second-order valence-corrected chi connectivity index (χ2v) is 6.84. The van der Waals surface area contributed by atoms with Crippen molar-refractivity contribution in [3.8, 4) is 5.75 Å². The number of thiazole rings is 1. The van der Waals surface area contributed by atoms with E-state index in [-0.39, 0.29) is 5.91 Å². The Labute approximate surface area is 140 Å². The summed E-state index contributed by atoms with van der Waals surface area (Å²) in [4.78, 5) is 22.2. The summed E-state index contributed by atoms with van der Waals surface area (Å²) in [5, 5.41) is 0.609. The molecule has 0 aliphatic carbocycles. The molecule has 0 saturated carbocycles. The second-order valence-electron chi connectivity index (χ2n) is 5.64. The van der Waals surface area contributed by atoms with Crippen molar-refractivity contribution in [3.63, 3.8) is 0 Å². The molecule has 1 fully saturated rings. The number of carbonyl (C=O) groups excluding carboxylic acids is 1. The first-order chi connectivity index (χ1) is 11.1. The number of piperazine rings is 1. The second kappa shape index (κ2) is 6.58. The van der Waals surface area contributed by atoms with Crippen LogP contribution in [0, 0.1) is 13.8 Å². The fraction of sp³-hybridized carbons (Fsp3) is 0.412. The molecule has 0 atom stereocenters. The predicted molar refractivity (Wildman–Crippen MR) is 92.7 cm³/mol. The van der Waals surface area contributed by atoms with E-state index in [1.54, 1.807) is 7.11 Å². The fourth-order valence-electron chi connectivity index (χ4n) is 2.66. The van der Waals surface area contributed by atoms with E-state index in [0.717, 1.165) is 42.5 Å². The average Bonchev–Trinajstić information content (AvgIpc) is 2.93. The van der Waals surface area contributed by atoms with Gasteiger partial charge in [0.25, 0.3) is 5.91 Å². The molecule has 1 aliphatic rings. The highest BCUT2D eigenvalue weighted by atomic mass is 32.1. The van der Waals surface area contributed by atoms with Crippen LogP contribution in [0.2, 0.25) is 0 Å². The summed E-state index contributed by atoms with van der Waals surface area (Å²) >= 11 is 1.49. The summed E-state index contributed by atoms with van der Waals surface area (Å²) in [5.41, 5.74) is 2.12. The third-order valence-corrected chi connectivity index (χ3v) is 5.28. The van der Waals surface area contributed by atoms with Crippen LogP contribution in [0.5, 0.6) is 5.75 Å². The standard InChI is InChI=1S/C17H21N3O2S/c1-12-13(2)23-16(18-12)17(21)20-10-8-19(9-11-20)14-4-6-15(22-3)7-5-14/h4-7H,8-11H2,1-3H3. The normalized spacial score (nSPS) is 14.9. The number of amides is 1. The molecule has 0 N–H and O–H groups in total. The summed E-state index contributed by atoms with van der Waals surface area (Å²) in [7, 11) is 1.67. The summed E-state index contributed by atoms with van der Waals surface area (Å²) < 4.78 is 5.19. The van der Waals surface area contributed by atoms with Crippen LogP contribution < -0.4 is 9.64 Å². The van der Waals surface area contributed by atoms with Gasteiger partial charge < -0.3 is 14.5 Å². The highest BCUT2D eigenvalue weighted by Crippen LogP contribution is 2.22. The van der Waals surface area contributed by atoms with Crippen LogP contribution >= 0.6 is 11.3 Å². The van der Waals surface area contributed by atoms with Crippen molar-refractivity contribution in [2.75, 3.05) is 38.2 Å². The molecule has 6 heteroatoms. The lowest BCUT2D eigenvalue weighted by atomic mass is 10.2. The van der Waals surface area contributed by atoms with E-state index in [9.17, 15) is 4.79 Å². The van der Waals surface area contributed by atoms with E-state index in [0.29, 0.717) is 5.01 Å². The number of ether oxygens (including phenoxy) is 1. The molecule has 2 aromatic rings. The molecule has 1 saturated heterocycles. The predicted octanol–water partition coefficient (Wildman–Crippen LogP) is 2.73. The highest BCUT2D eigenvalue weighted by molar-refractivity contribution is 7.13. The molecule has 2 heterocycles. The number of aromatic nitrogens is 1. The first-order valence-corrected chi connectivity index (χ1v) is 8.52. The quantitative estimate of drug-likeness (QED) is 0.867. The van der Waals surface area contributed by atoms with E-state index < -0.39 is 0 Å². The first kappa shape index (κ1) is 15.8. The largest absolute Gasteiger partial charge is 0.497 e. The maximum atomic E-state index is 12.5. The number of methoxy groups -OCH3 is 1. The topological polar surface area (TPSA) is 45.7 Å². The number of anilines is 1. The Hall–Kier alpha value is -2.08. The Balaban J connectivity index is 1.62. The Morgan fingerprint density at radius 3 is 2.30 bits per heavy atom. The summed E-state index contributed by atoms with van der Waals surface area (Å²) in [6.45, 7) is 7.07. The molecule has 0 radical (unpaired) electrons. The zero-order valence-electron chi connectivity index (χ0n) is 13.7. The van der Waals surface area contributed by atoms with E-state index >= 15 is 0 Å². The van der Waals surface area contributed by atoms with Gasteiger partial charge in [-0.1, -0.05) is 0 Å². The van der Waals surface area contributed by atoms with Crippen molar-refractivity contribution >= 4 is 22.9 Å². The van der Waals surface area contributed by atoms with Gasteiger partial charge in [-0.05, 0) is 38.1 Å². The molecular formula is C17H21N3O2S. The van der Waals surface area contributed by atoms with Crippen molar-refractivity contribution in [2.24, 2.45) is 0 Å². The number of carbonyl (C=O) groups is 1. The van der Waals surface area contributed by atoms with Crippen molar-refractivity contribution < 1.29 is 9.53 Å². The molecule has 23 heavy (non-hydrogen) atoms. The number of nitrogens with zero attached hydrogens (tertiary/aromatic N) is 3. The molecule has 5 nitrogen and oxygen atoms in total. The van der Waals surface area contributed by atoms with Crippen molar-refractivity contribution in [2.45, 2.75) is 13.8 Å². The third-order valence-electron chi connectivity index (χ3n) is 4.22. The van der Waals surface area contributed by atoms with E-state index in [1.165, 1.54) is 17.0 Å². The van der Waals surface area contributed by atoms with E-state index in [2.05, 4.69) is 22.0 Å². The lowest BCUT2D eigenvalue weighted by Gasteiger charge is -2.35. The summed E-state index contributed by atoms with van der Waals surface area (Å²) in [5.74, 6) is 0.914. The molecule has 0 unspecified atom stereocenters. The van der Waals surface area contributed by atoms with Gasteiger partial charge in [-0.3, -0.25) is 4.79 Å². The maximum Gasteiger partial charge on any atom is 0.282 e. The minimum atomic E-state index is 0.0561. The molecule has 122 valence electrons. The van der Waals surface area contributed by atoms with Crippen LogP contribution in [0.25, 0.3) is 0 Å². The summed E-state index contributed by atoms with van der Waals surface area (Å²) in [6.07, 6.45) is 0. The Morgan fingerprint density at radius 2 is 1.78 bits per heavy atom. The van der Waals surface area contributed by atoms with Crippen LogP contribution in [-0.2, 0) is 0 Å². The SMILES string of the molecule is COc1ccc(N2CCN(C(=O)c3nc(C)c(C)s3)CC2)cc1. The maximum absolute atomic E-state index is 12.5. The number of hydrogen-bond donors (Lipinski definition) is 0. The van der Waals surface area contributed by atoms with Gasteiger partial charge in [0.2, 0.25) is 0 Å². The highest BCUT2D eigenvalue weighted by Gasteiger charge is 2.24.